The molecule has 1 fully saturated rings. The monoisotopic (exact) mass is 439 g/mol. The van der Waals surface area contributed by atoms with Crippen LogP contribution in [0.2, 0.25) is 0 Å². The number of thioether (sulfide) groups is 1. The van der Waals surface area contributed by atoms with Gasteiger partial charge in [-0.2, -0.15) is 11.8 Å². The van der Waals surface area contributed by atoms with Crippen molar-refractivity contribution in [1.82, 2.24) is 25.7 Å². The molecule has 9 heteroatoms. The predicted octanol–water partition coefficient (Wildman–Crippen LogP) is 3.74. The highest BCUT2D eigenvalue weighted by Crippen LogP contribution is 2.27. The number of aryl methyl sites for hydroxylation is 2. The summed E-state index contributed by atoms with van der Waals surface area (Å²) in [5, 5.41) is 15.3. The molecule has 3 aromatic rings. The van der Waals surface area contributed by atoms with Gasteiger partial charge in [-0.05, 0) is 63.3 Å². The second-order valence-corrected chi connectivity index (χ2v) is 9.15. The molecule has 3 aromatic heterocycles. The average molecular weight is 440 g/mol. The molecule has 0 atom stereocenters. The lowest BCUT2D eigenvalue weighted by atomic mass is 9.94. The number of carbonyl (C=O) groups is 1. The van der Waals surface area contributed by atoms with Crippen LogP contribution in [0.5, 0.6) is 5.88 Å². The zero-order chi connectivity index (χ0) is 21.8. The molecule has 1 aliphatic rings. The maximum atomic E-state index is 12.6. The van der Waals surface area contributed by atoms with Crippen LogP contribution < -0.4 is 10.1 Å². The van der Waals surface area contributed by atoms with Crippen LogP contribution >= 0.6 is 11.8 Å². The number of hydrogen-bond acceptors (Lipinski definition) is 8. The van der Waals surface area contributed by atoms with E-state index in [1.54, 1.807) is 18.3 Å². The molecule has 8 nitrogen and oxygen atoms in total. The number of nitrogens with zero attached hydrogens (tertiary/aromatic N) is 4. The van der Waals surface area contributed by atoms with E-state index in [9.17, 15) is 4.79 Å². The van der Waals surface area contributed by atoms with E-state index in [-0.39, 0.29) is 23.7 Å². The van der Waals surface area contributed by atoms with Gasteiger partial charge in [0.1, 0.15) is 18.1 Å². The number of rotatable bonds is 6. The summed E-state index contributed by atoms with van der Waals surface area (Å²) >= 11 is 1.92. The molecular weight excluding hydrogens is 414 g/mol. The first kappa shape index (κ1) is 21.3. The van der Waals surface area contributed by atoms with E-state index in [4.69, 9.17) is 9.26 Å². The summed E-state index contributed by atoms with van der Waals surface area (Å²) in [5.74, 6) is 2.89. The number of aromatic nitrogens is 4. The Bertz CT molecular complexity index is 1040. The zero-order valence-corrected chi connectivity index (χ0v) is 18.7. The van der Waals surface area contributed by atoms with Crippen LogP contribution in [0.3, 0.4) is 0 Å². The van der Waals surface area contributed by atoms with Crippen LogP contribution in [0.4, 0.5) is 0 Å². The normalized spacial score (nSPS) is 15.5. The maximum absolute atomic E-state index is 12.6. The van der Waals surface area contributed by atoms with Crippen LogP contribution in [-0.2, 0) is 6.61 Å². The SMILES string of the molecule is Cc1ccc(-c2noc(C)c2COc2ccc(C(=O)NC3(C)CCSCC3)nn2)cn1. The number of hydrogen-bond donors (Lipinski definition) is 1. The van der Waals surface area contributed by atoms with Gasteiger partial charge in [-0.25, -0.2) is 0 Å². The molecule has 4 heterocycles. The number of ether oxygens (including phenoxy) is 1. The third kappa shape index (κ3) is 5.04. The van der Waals surface area contributed by atoms with Crippen LogP contribution in [-0.4, -0.2) is 43.3 Å². The Kier molecular flexibility index (Phi) is 6.22. The second kappa shape index (κ2) is 9.05. The van der Waals surface area contributed by atoms with Gasteiger partial charge in [0.05, 0.1) is 5.56 Å². The van der Waals surface area contributed by atoms with E-state index < -0.39 is 0 Å². The van der Waals surface area contributed by atoms with Crippen molar-refractivity contribution in [2.75, 3.05) is 11.5 Å². The van der Waals surface area contributed by atoms with E-state index >= 15 is 0 Å². The van der Waals surface area contributed by atoms with Crippen molar-refractivity contribution >= 4 is 17.7 Å². The van der Waals surface area contributed by atoms with E-state index in [1.807, 2.05) is 37.7 Å². The van der Waals surface area contributed by atoms with Crippen molar-refractivity contribution < 1.29 is 14.1 Å². The number of carbonyl (C=O) groups excluding carboxylic acids is 1. The molecular formula is C22H25N5O3S. The molecule has 0 aromatic carbocycles. The van der Waals surface area contributed by atoms with Crippen molar-refractivity contribution in [2.45, 2.75) is 45.8 Å². The van der Waals surface area contributed by atoms with Crippen LogP contribution in [0.1, 0.15) is 47.3 Å². The Morgan fingerprint density at radius 1 is 1.19 bits per heavy atom. The number of nitrogens with one attached hydrogen (secondary N) is 1. The molecule has 162 valence electrons. The van der Waals surface area contributed by atoms with E-state index in [0.717, 1.165) is 41.2 Å². The van der Waals surface area contributed by atoms with Crippen molar-refractivity contribution in [3.8, 4) is 17.1 Å². The van der Waals surface area contributed by atoms with E-state index in [1.165, 1.54) is 0 Å². The summed E-state index contributed by atoms with van der Waals surface area (Å²) in [6, 6.07) is 7.15. The maximum Gasteiger partial charge on any atom is 0.272 e. The fourth-order valence-electron chi connectivity index (χ4n) is 3.35. The molecule has 0 unspecified atom stereocenters. The van der Waals surface area contributed by atoms with Gasteiger partial charge in [0.2, 0.25) is 5.88 Å². The molecule has 0 radical (unpaired) electrons. The Labute approximate surface area is 185 Å². The van der Waals surface area contributed by atoms with Crippen LogP contribution in [0, 0.1) is 13.8 Å². The summed E-state index contributed by atoms with van der Waals surface area (Å²) in [4.78, 5) is 16.9. The summed E-state index contributed by atoms with van der Waals surface area (Å²) < 4.78 is 11.1. The largest absolute Gasteiger partial charge is 0.472 e. The number of amides is 1. The Hall–Kier alpha value is -2.94. The Morgan fingerprint density at radius 3 is 2.68 bits per heavy atom. The molecule has 31 heavy (non-hydrogen) atoms. The molecule has 0 saturated carbocycles. The topological polar surface area (TPSA) is 103 Å². The summed E-state index contributed by atoms with van der Waals surface area (Å²) in [7, 11) is 0. The van der Waals surface area contributed by atoms with Crippen LogP contribution in [0.15, 0.2) is 35.0 Å². The highest BCUT2D eigenvalue weighted by molar-refractivity contribution is 7.99. The van der Waals surface area contributed by atoms with E-state index in [0.29, 0.717) is 17.3 Å². The lowest BCUT2D eigenvalue weighted by Crippen LogP contribution is -2.48. The minimum Gasteiger partial charge on any atom is -0.472 e. The fourth-order valence-corrected chi connectivity index (χ4v) is 4.74. The molecule has 4 rings (SSSR count). The van der Waals surface area contributed by atoms with Gasteiger partial charge in [0.15, 0.2) is 5.69 Å². The van der Waals surface area contributed by atoms with Gasteiger partial charge in [-0.3, -0.25) is 9.78 Å². The lowest BCUT2D eigenvalue weighted by Gasteiger charge is -2.34. The lowest BCUT2D eigenvalue weighted by molar-refractivity contribution is 0.0894. The molecule has 0 bridgehead atoms. The van der Waals surface area contributed by atoms with Gasteiger partial charge in [-0.15, -0.1) is 10.2 Å². The minimum atomic E-state index is -0.211. The fraction of sp³-hybridized carbons (Fsp3) is 0.409. The van der Waals surface area contributed by atoms with Gasteiger partial charge in [0.25, 0.3) is 5.91 Å². The van der Waals surface area contributed by atoms with Gasteiger partial charge >= 0.3 is 0 Å². The van der Waals surface area contributed by atoms with Gasteiger partial charge in [0, 0.05) is 29.1 Å². The summed E-state index contributed by atoms with van der Waals surface area (Å²) in [6.07, 6.45) is 3.67. The van der Waals surface area contributed by atoms with Crippen molar-refractivity contribution in [3.05, 3.63) is 53.2 Å². The first-order valence-corrected chi connectivity index (χ1v) is 11.3. The first-order chi connectivity index (χ1) is 14.9. The Morgan fingerprint density at radius 2 is 2.00 bits per heavy atom. The highest BCUT2D eigenvalue weighted by atomic mass is 32.2. The molecule has 1 N–H and O–H groups in total. The smallest absolute Gasteiger partial charge is 0.272 e. The van der Waals surface area contributed by atoms with Crippen molar-refractivity contribution in [2.24, 2.45) is 0 Å². The highest BCUT2D eigenvalue weighted by Gasteiger charge is 2.29. The third-order valence-electron chi connectivity index (χ3n) is 5.42. The quantitative estimate of drug-likeness (QED) is 0.620. The predicted molar refractivity (Wildman–Crippen MR) is 118 cm³/mol. The minimum absolute atomic E-state index is 0.188. The third-order valence-corrected chi connectivity index (χ3v) is 6.40. The zero-order valence-electron chi connectivity index (χ0n) is 17.8. The average Bonchev–Trinajstić information content (AvgIpc) is 3.13. The van der Waals surface area contributed by atoms with Crippen molar-refractivity contribution in [3.63, 3.8) is 0 Å². The first-order valence-electron chi connectivity index (χ1n) is 10.2. The van der Waals surface area contributed by atoms with Crippen LogP contribution in [0.25, 0.3) is 11.3 Å². The molecule has 1 saturated heterocycles. The van der Waals surface area contributed by atoms with Gasteiger partial charge in [-0.1, -0.05) is 5.16 Å². The Balaban J connectivity index is 1.41. The number of pyridine rings is 1. The standard InChI is InChI=1S/C22H25N5O3S/c1-14-4-5-16(12-23-14)20-17(15(2)30-27-20)13-29-19-7-6-18(25-26-19)21(28)24-22(3)8-10-31-11-9-22/h4-7,12H,8-11,13H2,1-3H3,(H,24,28). The molecule has 1 aliphatic heterocycles. The van der Waals surface area contributed by atoms with E-state index in [2.05, 4.69) is 32.6 Å². The molecule has 0 aliphatic carbocycles. The molecule has 1 amide bonds. The summed E-state index contributed by atoms with van der Waals surface area (Å²) in [5.41, 5.74) is 3.38. The second-order valence-electron chi connectivity index (χ2n) is 7.93. The van der Waals surface area contributed by atoms with Crippen molar-refractivity contribution in [1.29, 1.82) is 0 Å². The van der Waals surface area contributed by atoms with Gasteiger partial charge < -0.3 is 14.6 Å². The molecule has 0 spiro atoms. The summed E-state index contributed by atoms with van der Waals surface area (Å²) in [6.45, 7) is 6.06.